The number of phenolic OH excluding ortho intramolecular Hbond substituents is 1. The van der Waals surface area contributed by atoms with Crippen LogP contribution in [0.25, 0.3) is 0 Å². The number of aryl methyl sites for hydroxylation is 1. The number of aromatic hydroxyl groups is 1. The number of phenols is 1. The molecule has 2 N–H and O–H groups in total. The van der Waals surface area contributed by atoms with E-state index in [4.69, 9.17) is 0 Å². The Hall–Kier alpha value is -1.06. The third-order valence-corrected chi connectivity index (χ3v) is 4.00. The predicted molar refractivity (Wildman–Crippen MR) is 79.7 cm³/mol. The van der Waals surface area contributed by atoms with Crippen molar-refractivity contribution >= 4 is 0 Å². The number of nitrogens with one attached hydrogen (secondary N) is 1. The number of hydrogen-bond acceptors (Lipinski definition) is 3. The van der Waals surface area contributed by atoms with Crippen LogP contribution in [0.3, 0.4) is 0 Å². The van der Waals surface area contributed by atoms with E-state index in [0.717, 1.165) is 50.3 Å². The summed E-state index contributed by atoms with van der Waals surface area (Å²) in [5.74, 6) is 0.974. The van der Waals surface area contributed by atoms with Gasteiger partial charge in [-0.3, -0.25) is 4.90 Å². The summed E-state index contributed by atoms with van der Waals surface area (Å²) in [5.41, 5.74) is 3.49. The monoisotopic (exact) mass is 262 g/mol. The van der Waals surface area contributed by atoms with E-state index in [-0.39, 0.29) is 0 Å². The highest BCUT2D eigenvalue weighted by atomic mass is 16.3. The van der Waals surface area contributed by atoms with E-state index in [1.54, 1.807) is 0 Å². The maximum atomic E-state index is 10.5. The molecule has 1 aromatic carbocycles. The lowest BCUT2D eigenvalue weighted by Gasteiger charge is -2.29. The Morgan fingerprint density at radius 2 is 1.95 bits per heavy atom. The van der Waals surface area contributed by atoms with E-state index in [2.05, 4.69) is 43.1 Å². The fourth-order valence-electron chi connectivity index (χ4n) is 2.79. The van der Waals surface area contributed by atoms with Crippen molar-refractivity contribution in [3.8, 4) is 5.75 Å². The quantitative estimate of drug-likeness (QED) is 0.875. The van der Waals surface area contributed by atoms with E-state index in [1.165, 1.54) is 5.56 Å². The third-order valence-electron chi connectivity index (χ3n) is 4.00. The van der Waals surface area contributed by atoms with E-state index in [9.17, 15) is 5.11 Å². The molecule has 1 saturated heterocycles. The lowest BCUT2D eigenvalue weighted by Crippen LogP contribution is -2.43. The van der Waals surface area contributed by atoms with Crippen molar-refractivity contribution in [1.29, 1.82) is 0 Å². The molecule has 0 radical (unpaired) electrons. The minimum atomic E-state index is 0.453. The van der Waals surface area contributed by atoms with Crippen LogP contribution in [0.5, 0.6) is 5.75 Å². The van der Waals surface area contributed by atoms with Crippen LogP contribution in [0.1, 0.15) is 43.4 Å². The molecule has 0 saturated carbocycles. The van der Waals surface area contributed by atoms with Crippen molar-refractivity contribution in [2.45, 2.75) is 39.7 Å². The van der Waals surface area contributed by atoms with Gasteiger partial charge in [-0.25, -0.2) is 0 Å². The fraction of sp³-hybridized carbons (Fsp3) is 0.625. The zero-order valence-electron chi connectivity index (χ0n) is 12.4. The Balaban J connectivity index is 2.29. The molecule has 2 rings (SSSR count). The Labute approximate surface area is 116 Å². The molecular formula is C16H26N2O. The molecule has 1 aliphatic rings. The number of hydrogen-bond donors (Lipinski definition) is 2. The minimum absolute atomic E-state index is 0.453. The van der Waals surface area contributed by atoms with Crippen LogP contribution >= 0.6 is 0 Å². The Bertz CT molecular complexity index is 423. The summed E-state index contributed by atoms with van der Waals surface area (Å²) in [4.78, 5) is 2.43. The summed E-state index contributed by atoms with van der Waals surface area (Å²) in [6.07, 6.45) is 0.888. The molecule has 3 heteroatoms. The van der Waals surface area contributed by atoms with Gasteiger partial charge in [0.15, 0.2) is 0 Å². The molecule has 1 aliphatic heterocycles. The smallest absolute Gasteiger partial charge is 0.123 e. The van der Waals surface area contributed by atoms with Gasteiger partial charge in [-0.1, -0.05) is 32.9 Å². The highest BCUT2D eigenvalue weighted by molar-refractivity contribution is 5.46. The van der Waals surface area contributed by atoms with Crippen LogP contribution in [-0.2, 0) is 13.0 Å². The van der Waals surface area contributed by atoms with Crippen LogP contribution in [0.2, 0.25) is 0 Å². The molecule has 0 atom stereocenters. The van der Waals surface area contributed by atoms with Crippen LogP contribution in [0, 0.1) is 0 Å². The molecule has 3 nitrogen and oxygen atoms in total. The lowest BCUT2D eigenvalue weighted by molar-refractivity contribution is 0.229. The third kappa shape index (κ3) is 3.28. The van der Waals surface area contributed by atoms with Gasteiger partial charge in [0.05, 0.1) is 0 Å². The molecule has 0 unspecified atom stereocenters. The van der Waals surface area contributed by atoms with Crippen molar-refractivity contribution in [2.24, 2.45) is 0 Å². The van der Waals surface area contributed by atoms with E-state index in [0.29, 0.717) is 11.7 Å². The first-order chi connectivity index (χ1) is 9.13. The molecular weight excluding hydrogens is 236 g/mol. The topological polar surface area (TPSA) is 35.5 Å². The van der Waals surface area contributed by atoms with Crippen molar-refractivity contribution in [3.63, 3.8) is 0 Å². The lowest BCUT2D eigenvalue weighted by atomic mass is 9.93. The second-order valence-corrected chi connectivity index (χ2v) is 5.68. The van der Waals surface area contributed by atoms with E-state index >= 15 is 0 Å². The maximum Gasteiger partial charge on any atom is 0.123 e. The average molecular weight is 262 g/mol. The zero-order valence-corrected chi connectivity index (χ0v) is 12.4. The van der Waals surface area contributed by atoms with Gasteiger partial charge in [-0.2, -0.15) is 0 Å². The van der Waals surface area contributed by atoms with Crippen LogP contribution in [0.4, 0.5) is 0 Å². The second kappa shape index (κ2) is 6.40. The fourth-order valence-corrected chi connectivity index (χ4v) is 2.79. The van der Waals surface area contributed by atoms with Crippen molar-refractivity contribution < 1.29 is 5.11 Å². The first-order valence-corrected chi connectivity index (χ1v) is 7.40. The summed E-state index contributed by atoms with van der Waals surface area (Å²) >= 11 is 0. The van der Waals surface area contributed by atoms with Gasteiger partial charge in [0.2, 0.25) is 0 Å². The van der Waals surface area contributed by atoms with E-state index < -0.39 is 0 Å². The minimum Gasteiger partial charge on any atom is -0.507 e. The standard InChI is InChI=1S/C16H26N2O/c1-4-13-5-6-14(12(2)3)15(16(13)19)11-18-9-7-17-8-10-18/h5-6,12,17,19H,4,7-11H2,1-3H3. The zero-order chi connectivity index (χ0) is 13.8. The van der Waals surface area contributed by atoms with Gasteiger partial charge >= 0.3 is 0 Å². The largest absolute Gasteiger partial charge is 0.507 e. The number of nitrogens with zero attached hydrogens (tertiary/aromatic N) is 1. The molecule has 1 aromatic rings. The second-order valence-electron chi connectivity index (χ2n) is 5.68. The first kappa shape index (κ1) is 14.4. The number of rotatable bonds is 4. The summed E-state index contributed by atoms with van der Waals surface area (Å²) in [5, 5.41) is 13.9. The highest BCUT2D eigenvalue weighted by Crippen LogP contribution is 2.32. The molecule has 1 fully saturated rings. The Kier molecular flexibility index (Phi) is 4.83. The van der Waals surface area contributed by atoms with Crippen molar-refractivity contribution in [3.05, 3.63) is 28.8 Å². The molecule has 0 amide bonds. The molecule has 1 heterocycles. The maximum absolute atomic E-state index is 10.5. The molecule has 19 heavy (non-hydrogen) atoms. The molecule has 0 spiro atoms. The SMILES string of the molecule is CCc1ccc(C(C)C)c(CN2CCNCC2)c1O. The van der Waals surface area contributed by atoms with Gasteiger partial charge < -0.3 is 10.4 Å². The van der Waals surface area contributed by atoms with E-state index in [1.807, 2.05) is 0 Å². The van der Waals surface area contributed by atoms with Crippen LogP contribution in [0.15, 0.2) is 12.1 Å². The van der Waals surface area contributed by atoms with Gasteiger partial charge in [-0.15, -0.1) is 0 Å². The summed E-state index contributed by atoms with van der Waals surface area (Å²) in [6.45, 7) is 11.6. The Morgan fingerprint density at radius 3 is 2.53 bits per heavy atom. The number of piperazine rings is 1. The van der Waals surface area contributed by atoms with Crippen molar-refractivity contribution in [1.82, 2.24) is 10.2 Å². The van der Waals surface area contributed by atoms with Crippen LogP contribution in [-0.4, -0.2) is 36.2 Å². The van der Waals surface area contributed by atoms with Crippen LogP contribution < -0.4 is 5.32 Å². The summed E-state index contributed by atoms with van der Waals surface area (Å²) in [6, 6.07) is 4.27. The predicted octanol–water partition coefficient (Wildman–Crippen LogP) is 2.48. The van der Waals surface area contributed by atoms with Gasteiger partial charge in [0.1, 0.15) is 5.75 Å². The van der Waals surface area contributed by atoms with Crippen molar-refractivity contribution in [2.75, 3.05) is 26.2 Å². The normalized spacial score (nSPS) is 17.1. The molecule has 0 aromatic heterocycles. The first-order valence-electron chi connectivity index (χ1n) is 7.40. The number of benzene rings is 1. The van der Waals surface area contributed by atoms with Gasteiger partial charge in [0.25, 0.3) is 0 Å². The van der Waals surface area contributed by atoms with Gasteiger partial charge in [-0.05, 0) is 23.5 Å². The Morgan fingerprint density at radius 1 is 1.26 bits per heavy atom. The molecule has 106 valence electrons. The molecule has 0 aliphatic carbocycles. The summed E-state index contributed by atoms with van der Waals surface area (Å²) in [7, 11) is 0. The molecule has 0 bridgehead atoms. The summed E-state index contributed by atoms with van der Waals surface area (Å²) < 4.78 is 0. The van der Waals surface area contributed by atoms with Gasteiger partial charge in [0, 0.05) is 38.3 Å². The highest BCUT2D eigenvalue weighted by Gasteiger charge is 2.18. The average Bonchev–Trinajstić information content (AvgIpc) is 2.42.